The molecule has 0 aromatic heterocycles. The normalized spacial score (nSPS) is 12.3. The predicted molar refractivity (Wildman–Crippen MR) is 164 cm³/mol. The summed E-state index contributed by atoms with van der Waals surface area (Å²) in [5, 5.41) is 14.5. The summed E-state index contributed by atoms with van der Waals surface area (Å²) >= 11 is 0. The first kappa shape index (κ1) is 33.1. The van der Waals surface area contributed by atoms with Crippen molar-refractivity contribution in [2.75, 3.05) is 18.0 Å². The van der Waals surface area contributed by atoms with Crippen LogP contribution in [0.3, 0.4) is 0 Å². The van der Waals surface area contributed by atoms with Gasteiger partial charge < -0.3 is 15.0 Å². The minimum absolute atomic E-state index is 0.0523. The van der Waals surface area contributed by atoms with E-state index in [0.29, 0.717) is 11.3 Å². The van der Waals surface area contributed by atoms with Gasteiger partial charge in [-0.05, 0) is 83.0 Å². The molecule has 0 aliphatic heterocycles. The molecular formula is C31H38N4O7S. The zero-order valence-corrected chi connectivity index (χ0v) is 26.3. The molecule has 0 aliphatic rings. The smallest absolute Gasteiger partial charge is 0.273 e. The van der Waals surface area contributed by atoms with Crippen molar-refractivity contribution in [2.24, 2.45) is 0 Å². The Morgan fingerprint density at radius 3 is 2.19 bits per heavy atom. The number of carbonyl (C=O) groups is 2. The van der Waals surface area contributed by atoms with Gasteiger partial charge in [-0.3, -0.25) is 24.0 Å². The van der Waals surface area contributed by atoms with Gasteiger partial charge in [-0.1, -0.05) is 30.3 Å². The molecule has 0 aliphatic carbocycles. The lowest BCUT2D eigenvalue weighted by atomic mass is 10.1. The maximum absolute atomic E-state index is 14.1. The highest BCUT2D eigenvalue weighted by Gasteiger charge is 2.34. The average molecular weight is 611 g/mol. The standard InChI is InChI=1S/C31H38N4O7S/c1-21-10-8-9-11-24(21)19-33(23(3)30(37)32-31(4,5)6)29(36)20-34(25-13-15-26(42-7)16-14-25)43(40,41)27-17-12-22(2)28(18-27)35(38)39/h8-18,23H,19-20H2,1-7H3,(H,32,37). The number of aryl methyl sites for hydroxylation is 2. The Kier molecular flexibility index (Phi) is 10.2. The van der Waals surface area contributed by atoms with Crippen LogP contribution in [-0.4, -0.2) is 55.3 Å². The molecule has 3 aromatic rings. The number of benzene rings is 3. The molecule has 230 valence electrons. The number of nitro groups is 1. The molecule has 1 unspecified atom stereocenters. The SMILES string of the molecule is COc1ccc(N(CC(=O)N(Cc2ccccc2C)C(C)C(=O)NC(C)(C)C)S(=O)(=O)c2ccc(C)c([N+](=O)[O-])c2)cc1. The van der Waals surface area contributed by atoms with Crippen LogP contribution in [0.2, 0.25) is 0 Å². The van der Waals surface area contributed by atoms with Gasteiger partial charge in [-0.25, -0.2) is 8.42 Å². The van der Waals surface area contributed by atoms with E-state index >= 15 is 0 Å². The van der Waals surface area contributed by atoms with Crippen LogP contribution in [0.25, 0.3) is 0 Å². The Hall–Kier alpha value is -4.45. The third-order valence-electron chi connectivity index (χ3n) is 6.87. The van der Waals surface area contributed by atoms with Gasteiger partial charge >= 0.3 is 0 Å². The Labute approximate surface area is 252 Å². The van der Waals surface area contributed by atoms with E-state index in [0.717, 1.165) is 21.5 Å². The Balaban J connectivity index is 2.11. The quantitative estimate of drug-likeness (QED) is 0.244. The number of ether oxygens (including phenoxy) is 1. The maximum atomic E-state index is 14.1. The van der Waals surface area contributed by atoms with Gasteiger partial charge in [0, 0.05) is 23.7 Å². The largest absolute Gasteiger partial charge is 0.497 e. The summed E-state index contributed by atoms with van der Waals surface area (Å²) in [6.07, 6.45) is 0. The monoisotopic (exact) mass is 610 g/mol. The second-order valence-electron chi connectivity index (χ2n) is 11.3. The van der Waals surface area contributed by atoms with E-state index < -0.39 is 44.9 Å². The summed E-state index contributed by atoms with van der Waals surface area (Å²) in [4.78, 5) is 39.3. The number of nitrogens with one attached hydrogen (secondary N) is 1. The fourth-order valence-electron chi connectivity index (χ4n) is 4.38. The van der Waals surface area contributed by atoms with Gasteiger partial charge in [0.25, 0.3) is 15.7 Å². The molecule has 0 bridgehead atoms. The number of hydrogen-bond acceptors (Lipinski definition) is 7. The fraction of sp³-hybridized carbons (Fsp3) is 0.355. The van der Waals surface area contributed by atoms with E-state index in [4.69, 9.17) is 4.74 Å². The molecule has 2 amide bonds. The van der Waals surface area contributed by atoms with Crippen molar-refractivity contribution >= 4 is 33.2 Å². The maximum Gasteiger partial charge on any atom is 0.273 e. The number of methoxy groups -OCH3 is 1. The third-order valence-corrected chi connectivity index (χ3v) is 8.64. The van der Waals surface area contributed by atoms with Crippen LogP contribution in [0.5, 0.6) is 5.75 Å². The average Bonchev–Trinajstić information content (AvgIpc) is 2.94. The van der Waals surface area contributed by atoms with Crippen LogP contribution >= 0.6 is 0 Å². The van der Waals surface area contributed by atoms with Crippen molar-refractivity contribution in [3.63, 3.8) is 0 Å². The number of nitro benzene ring substituents is 1. The summed E-state index contributed by atoms with van der Waals surface area (Å²) in [5.74, 6) is -0.574. The van der Waals surface area contributed by atoms with E-state index in [1.165, 1.54) is 43.2 Å². The van der Waals surface area contributed by atoms with Gasteiger partial charge in [0.1, 0.15) is 18.3 Å². The second kappa shape index (κ2) is 13.2. The lowest BCUT2D eigenvalue weighted by molar-refractivity contribution is -0.385. The molecule has 0 radical (unpaired) electrons. The Morgan fingerprint density at radius 2 is 1.63 bits per heavy atom. The van der Waals surface area contributed by atoms with Crippen LogP contribution in [0.1, 0.15) is 44.4 Å². The summed E-state index contributed by atoms with van der Waals surface area (Å²) in [6, 6.07) is 16.1. The second-order valence-corrected chi connectivity index (χ2v) is 13.1. The van der Waals surface area contributed by atoms with E-state index in [2.05, 4.69) is 5.32 Å². The van der Waals surface area contributed by atoms with Crippen molar-refractivity contribution in [1.29, 1.82) is 0 Å². The van der Waals surface area contributed by atoms with E-state index in [1.54, 1.807) is 19.1 Å². The Morgan fingerprint density at radius 1 is 1.00 bits per heavy atom. The molecule has 0 spiro atoms. The van der Waals surface area contributed by atoms with Crippen LogP contribution < -0.4 is 14.4 Å². The van der Waals surface area contributed by atoms with Gasteiger partial charge in [0.05, 0.1) is 22.6 Å². The molecule has 0 heterocycles. The van der Waals surface area contributed by atoms with Gasteiger partial charge in [-0.15, -0.1) is 0 Å². The number of carbonyl (C=O) groups excluding carboxylic acids is 2. The van der Waals surface area contributed by atoms with Gasteiger partial charge in [0.15, 0.2) is 0 Å². The first-order valence-corrected chi connectivity index (χ1v) is 15.1. The number of amides is 2. The summed E-state index contributed by atoms with van der Waals surface area (Å²) < 4.78 is 34.2. The molecule has 0 fully saturated rings. The van der Waals surface area contributed by atoms with Gasteiger partial charge in [0.2, 0.25) is 11.8 Å². The number of rotatable bonds is 11. The fourth-order valence-corrected chi connectivity index (χ4v) is 5.81. The molecule has 1 N–H and O–H groups in total. The van der Waals surface area contributed by atoms with E-state index in [-0.39, 0.29) is 22.8 Å². The highest BCUT2D eigenvalue weighted by atomic mass is 32.2. The lowest BCUT2D eigenvalue weighted by Gasteiger charge is -2.33. The van der Waals surface area contributed by atoms with Crippen LogP contribution in [0, 0.1) is 24.0 Å². The summed E-state index contributed by atoms with van der Waals surface area (Å²) in [5.41, 5.74) is 1.19. The van der Waals surface area contributed by atoms with Crippen LogP contribution in [0.4, 0.5) is 11.4 Å². The molecular weight excluding hydrogens is 572 g/mol. The first-order valence-electron chi connectivity index (χ1n) is 13.6. The molecule has 0 saturated carbocycles. The molecule has 12 heteroatoms. The third kappa shape index (κ3) is 8.10. The molecule has 1 atom stereocenters. The molecule has 43 heavy (non-hydrogen) atoms. The highest BCUT2D eigenvalue weighted by Crippen LogP contribution is 2.29. The minimum Gasteiger partial charge on any atom is -0.497 e. The molecule has 11 nitrogen and oxygen atoms in total. The molecule has 3 rings (SSSR count). The van der Waals surface area contributed by atoms with E-state index in [1.807, 2.05) is 52.0 Å². The van der Waals surface area contributed by atoms with Crippen molar-refractivity contribution in [2.45, 2.75) is 64.6 Å². The molecule has 0 saturated heterocycles. The van der Waals surface area contributed by atoms with E-state index in [9.17, 15) is 28.1 Å². The summed E-state index contributed by atoms with van der Waals surface area (Å²) in [6.45, 7) is 9.83. The van der Waals surface area contributed by atoms with Crippen molar-refractivity contribution in [1.82, 2.24) is 10.2 Å². The van der Waals surface area contributed by atoms with Crippen molar-refractivity contribution in [3.8, 4) is 5.75 Å². The molecule has 3 aromatic carbocycles. The number of hydrogen-bond donors (Lipinski definition) is 1. The predicted octanol–water partition coefficient (Wildman–Crippen LogP) is 4.75. The summed E-state index contributed by atoms with van der Waals surface area (Å²) in [7, 11) is -3.03. The number of sulfonamides is 1. The zero-order chi connectivity index (χ0) is 32.1. The van der Waals surface area contributed by atoms with Crippen LogP contribution in [0.15, 0.2) is 71.6 Å². The highest BCUT2D eigenvalue weighted by molar-refractivity contribution is 7.92. The lowest BCUT2D eigenvalue weighted by Crippen LogP contribution is -2.54. The topological polar surface area (TPSA) is 139 Å². The van der Waals surface area contributed by atoms with Crippen LogP contribution in [-0.2, 0) is 26.2 Å². The van der Waals surface area contributed by atoms with Crippen molar-refractivity contribution < 1.29 is 27.7 Å². The van der Waals surface area contributed by atoms with Crippen molar-refractivity contribution in [3.05, 3.63) is 93.5 Å². The minimum atomic E-state index is -4.49. The zero-order valence-electron chi connectivity index (χ0n) is 25.5. The Bertz CT molecular complexity index is 1600. The first-order chi connectivity index (χ1) is 20.0. The number of nitrogens with zero attached hydrogens (tertiary/aromatic N) is 3. The number of anilines is 1. The van der Waals surface area contributed by atoms with Gasteiger partial charge in [-0.2, -0.15) is 0 Å².